The molecule has 8 nitrogen and oxygen atoms in total. The molecule has 1 saturated heterocycles. The van der Waals surface area contributed by atoms with Gasteiger partial charge >= 0.3 is 6.09 Å². The topological polar surface area (TPSA) is 94.6 Å². The number of ether oxygens (including phenoxy) is 1. The highest BCUT2D eigenvalue weighted by Crippen LogP contribution is 2.12. The third kappa shape index (κ3) is 8.24. The summed E-state index contributed by atoms with van der Waals surface area (Å²) in [4.78, 5) is 18.9. The van der Waals surface area contributed by atoms with Crippen molar-refractivity contribution in [3.63, 3.8) is 0 Å². The molecule has 2 rings (SSSR count). The second-order valence-electron chi connectivity index (χ2n) is 7.94. The quantitative estimate of drug-likeness (QED) is 0.239. The predicted molar refractivity (Wildman–Crippen MR) is 122 cm³/mol. The Kier molecular flexibility index (Phi) is 10.0. The van der Waals surface area contributed by atoms with Gasteiger partial charge in [-0.2, -0.15) is 5.10 Å². The molecule has 3 N–H and O–H groups in total. The van der Waals surface area contributed by atoms with Gasteiger partial charge in [0.05, 0.1) is 12.2 Å². The Morgan fingerprint density at radius 2 is 2.21 bits per heavy atom. The van der Waals surface area contributed by atoms with Gasteiger partial charge in [0.2, 0.25) is 0 Å². The van der Waals surface area contributed by atoms with E-state index in [0.717, 1.165) is 57.1 Å². The summed E-state index contributed by atoms with van der Waals surface area (Å²) in [5, 5.41) is 13.3. The number of carbonyl (C=O) groups excluding carboxylic acids is 1. The SMILES string of the molecule is CCNC(=NCCCc1cn[nH]c1C)N1CCC(NC(=O)OC(C)(C)C)C1.I. The van der Waals surface area contributed by atoms with Gasteiger partial charge in [0.25, 0.3) is 0 Å². The van der Waals surface area contributed by atoms with E-state index in [0.29, 0.717) is 0 Å². The first-order valence-electron chi connectivity index (χ1n) is 9.80. The number of rotatable bonds is 6. The van der Waals surface area contributed by atoms with E-state index in [1.54, 1.807) is 0 Å². The van der Waals surface area contributed by atoms with E-state index in [1.807, 2.05) is 33.9 Å². The third-order valence-corrected chi connectivity index (χ3v) is 4.34. The summed E-state index contributed by atoms with van der Waals surface area (Å²) in [5.41, 5.74) is 1.89. The molecule has 1 aromatic heterocycles. The van der Waals surface area contributed by atoms with Crippen LogP contribution in [0.15, 0.2) is 11.2 Å². The Morgan fingerprint density at radius 3 is 2.82 bits per heavy atom. The molecule has 0 aliphatic carbocycles. The average Bonchev–Trinajstić information content (AvgIpc) is 3.18. The lowest BCUT2D eigenvalue weighted by Crippen LogP contribution is -2.44. The zero-order chi connectivity index (χ0) is 19.9. The Morgan fingerprint density at radius 1 is 1.46 bits per heavy atom. The molecule has 1 aliphatic rings. The summed E-state index contributed by atoms with van der Waals surface area (Å²) in [6.45, 7) is 12.9. The molecule has 160 valence electrons. The number of H-pyrrole nitrogens is 1. The molecule has 1 atom stereocenters. The Balaban J connectivity index is 0.00000392. The highest BCUT2D eigenvalue weighted by atomic mass is 127. The molecule has 1 aromatic rings. The van der Waals surface area contributed by atoms with Crippen LogP contribution in [0.4, 0.5) is 4.79 Å². The maximum atomic E-state index is 12.0. The van der Waals surface area contributed by atoms with Gasteiger partial charge in [-0.05, 0) is 59.4 Å². The lowest BCUT2D eigenvalue weighted by Gasteiger charge is -2.23. The van der Waals surface area contributed by atoms with Crippen LogP contribution in [0.2, 0.25) is 0 Å². The summed E-state index contributed by atoms with van der Waals surface area (Å²) in [5.74, 6) is 0.912. The monoisotopic (exact) mass is 506 g/mol. The van der Waals surface area contributed by atoms with Crippen molar-refractivity contribution >= 4 is 36.0 Å². The molecule has 1 aliphatic heterocycles. The number of aromatic nitrogens is 2. The average molecular weight is 506 g/mol. The fraction of sp³-hybridized carbons (Fsp3) is 0.737. The number of hydrogen-bond donors (Lipinski definition) is 3. The van der Waals surface area contributed by atoms with Gasteiger partial charge in [-0.3, -0.25) is 10.1 Å². The molecule has 1 unspecified atom stereocenters. The molecule has 28 heavy (non-hydrogen) atoms. The standard InChI is InChI=1S/C19H34N6O2.HI/c1-6-20-17(21-10-7-8-15-12-22-24-14(15)2)25-11-9-16(13-25)23-18(26)27-19(3,4)5;/h12,16H,6-11,13H2,1-5H3,(H,20,21)(H,22,24)(H,23,26);1H. The van der Waals surface area contributed by atoms with Crippen LogP contribution < -0.4 is 10.6 Å². The zero-order valence-corrected chi connectivity index (χ0v) is 20.0. The van der Waals surface area contributed by atoms with E-state index in [2.05, 4.69) is 32.7 Å². The van der Waals surface area contributed by atoms with Crippen molar-refractivity contribution < 1.29 is 9.53 Å². The number of nitrogens with one attached hydrogen (secondary N) is 3. The maximum absolute atomic E-state index is 12.0. The maximum Gasteiger partial charge on any atom is 0.407 e. The van der Waals surface area contributed by atoms with Crippen molar-refractivity contribution in [2.75, 3.05) is 26.2 Å². The van der Waals surface area contributed by atoms with E-state index in [4.69, 9.17) is 9.73 Å². The van der Waals surface area contributed by atoms with E-state index >= 15 is 0 Å². The number of guanidine groups is 1. The number of aliphatic imine (C=N–C) groups is 1. The van der Waals surface area contributed by atoms with Crippen molar-refractivity contribution in [3.05, 3.63) is 17.5 Å². The fourth-order valence-corrected chi connectivity index (χ4v) is 3.05. The van der Waals surface area contributed by atoms with Crippen LogP contribution in [0.5, 0.6) is 0 Å². The second kappa shape index (κ2) is 11.5. The van der Waals surface area contributed by atoms with E-state index in [-0.39, 0.29) is 36.1 Å². The number of carbonyl (C=O) groups is 1. The number of aryl methyl sites for hydroxylation is 2. The Bertz CT molecular complexity index is 641. The molecule has 0 spiro atoms. The summed E-state index contributed by atoms with van der Waals surface area (Å²) in [6, 6.07) is 0.0808. The minimum absolute atomic E-state index is 0. The molecular weight excluding hydrogens is 471 g/mol. The highest BCUT2D eigenvalue weighted by molar-refractivity contribution is 14.0. The van der Waals surface area contributed by atoms with Gasteiger partial charge in [0, 0.05) is 31.9 Å². The summed E-state index contributed by atoms with van der Waals surface area (Å²) in [7, 11) is 0. The van der Waals surface area contributed by atoms with Gasteiger partial charge in [0.15, 0.2) is 5.96 Å². The smallest absolute Gasteiger partial charge is 0.407 e. The minimum atomic E-state index is -0.480. The van der Waals surface area contributed by atoms with E-state index < -0.39 is 5.60 Å². The Hall–Kier alpha value is -1.52. The van der Waals surface area contributed by atoms with Crippen molar-refractivity contribution in [1.82, 2.24) is 25.7 Å². The molecule has 9 heteroatoms. The lowest BCUT2D eigenvalue weighted by molar-refractivity contribution is 0.0507. The minimum Gasteiger partial charge on any atom is -0.444 e. The van der Waals surface area contributed by atoms with Crippen LogP contribution in [-0.4, -0.2) is 65.0 Å². The summed E-state index contributed by atoms with van der Waals surface area (Å²) in [6.07, 6.45) is 4.36. The van der Waals surface area contributed by atoms with Crippen molar-refractivity contribution in [2.45, 2.75) is 65.5 Å². The number of amides is 1. The van der Waals surface area contributed by atoms with Crippen molar-refractivity contribution in [1.29, 1.82) is 0 Å². The predicted octanol–water partition coefficient (Wildman–Crippen LogP) is 2.83. The highest BCUT2D eigenvalue weighted by Gasteiger charge is 2.27. The molecule has 0 radical (unpaired) electrons. The molecule has 0 saturated carbocycles. The van der Waals surface area contributed by atoms with Crippen molar-refractivity contribution in [3.8, 4) is 0 Å². The van der Waals surface area contributed by atoms with Gasteiger partial charge in [0.1, 0.15) is 5.60 Å². The normalized spacial score (nSPS) is 17.2. The molecule has 0 bridgehead atoms. The molecular formula is C19H35IN6O2. The van der Waals surface area contributed by atoms with E-state index in [1.165, 1.54) is 5.56 Å². The van der Waals surface area contributed by atoms with Gasteiger partial charge in [-0.25, -0.2) is 4.79 Å². The van der Waals surface area contributed by atoms with Crippen LogP contribution in [-0.2, 0) is 11.2 Å². The van der Waals surface area contributed by atoms with Gasteiger partial charge in [-0.15, -0.1) is 24.0 Å². The number of nitrogens with zero attached hydrogens (tertiary/aromatic N) is 3. The third-order valence-electron chi connectivity index (χ3n) is 4.34. The number of likely N-dealkylation sites (tertiary alicyclic amines) is 1. The first-order valence-corrected chi connectivity index (χ1v) is 9.80. The number of hydrogen-bond acceptors (Lipinski definition) is 4. The fourth-order valence-electron chi connectivity index (χ4n) is 3.05. The van der Waals surface area contributed by atoms with Crippen LogP contribution in [0.25, 0.3) is 0 Å². The second-order valence-corrected chi connectivity index (χ2v) is 7.94. The number of alkyl carbamates (subject to hydrolysis) is 1. The first-order chi connectivity index (χ1) is 12.8. The first kappa shape index (κ1) is 24.5. The molecule has 1 amide bonds. The largest absolute Gasteiger partial charge is 0.444 e. The van der Waals surface area contributed by atoms with Gasteiger partial charge in [-0.1, -0.05) is 0 Å². The molecule has 1 fully saturated rings. The zero-order valence-electron chi connectivity index (χ0n) is 17.7. The van der Waals surface area contributed by atoms with Crippen LogP contribution in [0, 0.1) is 6.92 Å². The van der Waals surface area contributed by atoms with Crippen molar-refractivity contribution in [2.24, 2.45) is 4.99 Å². The summed E-state index contributed by atoms with van der Waals surface area (Å²) < 4.78 is 5.35. The van der Waals surface area contributed by atoms with E-state index in [9.17, 15) is 4.79 Å². The molecule has 0 aromatic carbocycles. The Labute approximate surface area is 185 Å². The van der Waals surface area contributed by atoms with Gasteiger partial charge < -0.3 is 20.3 Å². The van der Waals surface area contributed by atoms with Crippen LogP contribution in [0.1, 0.15) is 51.8 Å². The number of halogens is 1. The lowest BCUT2D eigenvalue weighted by atomic mass is 10.1. The van der Waals surface area contributed by atoms with Crippen LogP contribution >= 0.6 is 24.0 Å². The van der Waals surface area contributed by atoms with Crippen LogP contribution in [0.3, 0.4) is 0 Å². The molecule has 2 heterocycles. The number of aromatic amines is 1. The summed E-state index contributed by atoms with van der Waals surface area (Å²) >= 11 is 0.